The number of hydrogen-bond acceptors (Lipinski definition) is 4. The summed E-state index contributed by atoms with van der Waals surface area (Å²) in [6.07, 6.45) is 13.3. The second-order valence-corrected chi connectivity index (χ2v) is 4.25. The van der Waals surface area contributed by atoms with Gasteiger partial charge in [0.25, 0.3) is 0 Å². The molecule has 0 saturated heterocycles. The summed E-state index contributed by atoms with van der Waals surface area (Å²) >= 11 is 0. The fraction of sp³-hybridized carbons (Fsp3) is 1.00. The van der Waals surface area contributed by atoms with Gasteiger partial charge in [0.1, 0.15) is 0 Å². The Morgan fingerprint density at radius 2 is 0.941 bits per heavy atom. The van der Waals surface area contributed by atoms with Crippen molar-refractivity contribution in [1.82, 2.24) is 0 Å². The van der Waals surface area contributed by atoms with Gasteiger partial charge in [0.15, 0.2) is 0 Å². The van der Waals surface area contributed by atoms with Crippen LogP contribution in [0.3, 0.4) is 0 Å². The van der Waals surface area contributed by atoms with Crippen LogP contribution in [0.5, 0.6) is 0 Å². The van der Waals surface area contributed by atoms with E-state index in [-0.39, 0.29) is 0 Å². The van der Waals surface area contributed by atoms with E-state index in [1.165, 1.54) is 57.8 Å². The second kappa shape index (κ2) is 18.3. The summed E-state index contributed by atoms with van der Waals surface area (Å²) in [6.45, 7) is 2.63. The molecule has 17 heavy (non-hydrogen) atoms. The van der Waals surface area contributed by atoms with Crippen molar-refractivity contribution < 1.29 is 20.2 Å². The maximum atomic E-state index is 8.57. The largest absolute Gasteiger partial charge is 0.631 e. The Labute approximate surface area is 106 Å². The second-order valence-electron chi connectivity index (χ2n) is 4.25. The van der Waals surface area contributed by atoms with Crippen LogP contribution in [0.15, 0.2) is 0 Å². The Balaban J connectivity index is 0. The van der Waals surface area contributed by atoms with Gasteiger partial charge >= 0.3 is 7.32 Å². The lowest BCUT2D eigenvalue weighted by molar-refractivity contribution is 0.278. The van der Waals surface area contributed by atoms with Crippen molar-refractivity contribution in [3.63, 3.8) is 0 Å². The minimum absolute atomic E-state index is 0.372. The lowest BCUT2D eigenvalue weighted by Gasteiger charge is -2.00. The van der Waals surface area contributed by atoms with Crippen molar-refractivity contribution >= 4 is 7.32 Å². The van der Waals surface area contributed by atoms with Gasteiger partial charge in [-0.05, 0) is 6.42 Å². The molecule has 0 aliphatic rings. The predicted molar refractivity (Wildman–Crippen MR) is 71.3 cm³/mol. The van der Waals surface area contributed by atoms with Gasteiger partial charge in [-0.1, -0.05) is 64.7 Å². The topological polar surface area (TPSA) is 80.9 Å². The van der Waals surface area contributed by atoms with Crippen molar-refractivity contribution in [1.29, 1.82) is 0 Å². The van der Waals surface area contributed by atoms with Gasteiger partial charge < -0.3 is 20.2 Å². The first-order valence-electron chi connectivity index (χ1n) is 6.80. The van der Waals surface area contributed by atoms with Gasteiger partial charge in [0.05, 0.1) is 0 Å². The summed E-state index contributed by atoms with van der Waals surface area (Å²) in [5.41, 5.74) is 0. The fourth-order valence-corrected chi connectivity index (χ4v) is 1.60. The third kappa shape index (κ3) is 31.3. The van der Waals surface area contributed by atoms with Crippen molar-refractivity contribution in [2.45, 2.75) is 71.1 Å². The summed E-state index contributed by atoms with van der Waals surface area (Å²) < 4.78 is 0. The summed E-state index contributed by atoms with van der Waals surface area (Å²) in [7, 11) is -2.17. The van der Waals surface area contributed by atoms with E-state index >= 15 is 0 Å². The normalized spacial score (nSPS) is 9.71. The molecule has 0 heterocycles. The third-order valence-electron chi connectivity index (χ3n) is 2.51. The molecular weight excluding hydrogens is 219 g/mol. The lowest BCUT2D eigenvalue weighted by Crippen LogP contribution is -2.07. The van der Waals surface area contributed by atoms with E-state index in [4.69, 9.17) is 20.2 Å². The highest BCUT2D eigenvalue weighted by Gasteiger charge is 1.92. The molecule has 0 aliphatic carbocycles. The molecule has 0 aromatic heterocycles. The molecule has 0 saturated carbocycles. The molecule has 0 amide bonds. The van der Waals surface area contributed by atoms with E-state index in [1.807, 2.05) is 0 Å². The Bertz CT molecular complexity index is 110. The number of aliphatic hydroxyl groups is 1. The quantitative estimate of drug-likeness (QED) is 0.351. The van der Waals surface area contributed by atoms with Gasteiger partial charge in [-0.25, -0.2) is 0 Å². The van der Waals surface area contributed by atoms with E-state index in [1.54, 1.807) is 0 Å². The number of rotatable bonds is 10. The predicted octanol–water partition coefficient (Wildman–Crippen LogP) is 1.85. The molecular formula is C12H29BO4. The Kier molecular flexibility index (Phi) is 20.7. The molecule has 0 aliphatic heterocycles. The first kappa shape index (κ1) is 19.2. The molecule has 4 nitrogen and oxygen atoms in total. The minimum atomic E-state index is -2.17. The maximum absolute atomic E-state index is 8.57. The van der Waals surface area contributed by atoms with E-state index < -0.39 is 7.32 Å². The third-order valence-corrected chi connectivity index (χ3v) is 2.51. The van der Waals surface area contributed by atoms with Crippen LogP contribution in [0.4, 0.5) is 0 Å². The molecule has 0 spiro atoms. The molecule has 0 fully saturated rings. The molecule has 4 N–H and O–H groups in total. The monoisotopic (exact) mass is 248 g/mol. The Morgan fingerprint density at radius 1 is 0.647 bits per heavy atom. The van der Waals surface area contributed by atoms with Crippen LogP contribution in [0.2, 0.25) is 0 Å². The molecule has 0 atom stereocenters. The summed E-state index contributed by atoms with van der Waals surface area (Å²) in [6, 6.07) is 0. The van der Waals surface area contributed by atoms with Crippen LogP contribution in [0.25, 0.3) is 0 Å². The summed E-state index contributed by atoms with van der Waals surface area (Å²) in [5, 5.41) is 30.1. The average molecular weight is 248 g/mol. The molecule has 5 heteroatoms. The average Bonchev–Trinajstić information content (AvgIpc) is 2.26. The highest BCUT2D eigenvalue weighted by Crippen LogP contribution is 2.09. The number of aliphatic hydroxyl groups excluding tert-OH is 1. The molecule has 0 radical (unpaired) electrons. The summed E-state index contributed by atoms with van der Waals surface area (Å²) in [5.74, 6) is 0. The van der Waals surface area contributed by atoms with Crippen LogP contribution in [0.1, 0.15) is 71.1 Å². The SMILES string of the molecule is CCCCCCCCCCCCO.OB(O)O. The molecule has 0 aromatic rings. The fourth-order valence-electron chi connectivity index (χ4n) is 1.60. The van der Waals surface area contributed by atoms with Crippen molar-refractivity contribution in [2.75, 3.05) is 6.61 Å². The number of hydrogen-bond donors (Lipinski definition) is 4. The Hall–Kier alpha value is -0.0951. The van der Waals surface area contributed by atoms with Crippen molar-refractivity contribution in [3.8, 4) is 0 Å². The zero-order valence-electron chi connectivity index (χ0n) is 11.1. The van der Waals surface area contributed by atoms with Crippen molar-refractivity contribution in [3.05, 3.63) is 0 Å². The van der Waals surface area contributed by atoms with Crippen molar-refractivity contribution in [2.24, 2.45) is 0 Å². The van der Waals surface area contributed by atoms with E-state index in [0.29, 0.717) is 6.61 Å². The van der Waals surface area contributed by atoms with E-state index in [2.05, 4.69) is 6.92 Å². The molecule has 0 aromatic carbocycles. The van der Waals surface area contributed by atoms with Gasteiger partial charge in [-0.15, -0.1) is 0 Å². The minimum Gasteiger partial charge on any atom is -0.402 e. The van der Waals surface area contributed by atoms with Crippen LogP contribution in [0, 0.1) is 0 Å². The van der Waals surface area contributed by atoms with Crippen LogP contribution >= 0.6 is 0 Å². The van der Waals surface area contributed by atoms with Crippen LogP contribution < -0.4 is 0 Å². The first-order chi connectivity index (χ1) is 8.15. The standard InChI is InChI=1S/C12H26O.BH3O3/c1-2-3-4-5-6-7-8-9-10-11-12-13;2-1(3)4/h13H,2-12H2,1H3;2-4H. The van der Waals surface area contributed by atoms with E-state index in [9.17, 15) is 0 Å². The molecule has 0 unspecified atom stereocenters. The number of unbranched alkanes of at least 4 members (excludes halogenated alkanes) is 9. The summed E-state index contributed by atoms with van der Waals surface area (Å²) in [4.78, 5) is 0. The maximum Gasteiger partial charge on any atom is 0.631 e. The Morgan fingerprint density at radius 3 is 1.24 bits per heavy atom. The smallest absolute Gasteiger partial charge is 0.402 e. The zero-order valence-corrected chi connectivity index (χ0v) is 11.1. The molecule has 104 valence electrons. The zero-order chi connectivity index (χ0) is 13.4. The molecule has 0 bridgehead atoms. The van der Waals surface area contributed by atoms with Gasteiger partial charge in [0.2, 0.25) is 0 Å². The lowest BCUT2D eigenvalue weighted by atomic mass is 10.1. The first-order valence-corrected chi connectivity index (χ1v) is 6.80. The van der Waals surface area contributed by atoms with E-state index in [0.717, 1.165) is 6.42 Å². The van der Waals surface area contributed by atoms with Crippen LogP contribution in [-0.4, -0.2) is 34.1 Å². The van der Waals surface area contributed by atoms with Gasteiger partial charge in [-0.2, -0.15) is 0 Å². The van der Waals surface area contributed by atoms with Crippen LogP contribution in [-0.2, 0) is 0 Å². The van der Waals surface area contributed by atoms with Gasteiger partial charge in [-0.3, -0.25) is 0 Å². The molecule has 0 rings (SSSR count). The highest BCUT2D eigenvalue weighted by molar-refractivity contribution is 6.30. The highest BCUT2D eigenvalue weighted by atomic mass is 16.5. The van der Waals surface area contributed by atoms with Gasteiger partial charge in [0, 0.05) is 6.61 Å².